The standard InChI is InChI=1S/C17H28N2/c1-12-10-13(2)17(14(3)11-12)19(5)16-8-6-15(18-4)7-9-16/h10-11,15-16,18H,6-9H2,1-5H3. The molecule has 1 fully saturated rings. The van der Waals surface area contributed by atoms with Crippen LogP contribution in [0.25, 0.3) is 0 Å². The van der Waals surface area contributed by atoms with Crippen molar-refractivity contribution in [3.05, 3.63) is 28.8 Å². The zero-order valence-corrected chi connectivity index (χ0v) is 13.1. The number of aryl methyl sites for hydroxylation is 3. The van der Waals surface area contributed by atoms with Gasteiger partial charge in [-0.25, -0.2) is 0 Å². The van der Waals surface area contributed by atoms with Gasteiger partial charge in [0, 0.05) is 24.8 Å². The Morgan fingerprint density at radius 1 is 1.00 bits per heavy atom. The summed E-state index contributed by atoms with van der Waals surface area (Å²) >= 11 is 0. The summed E-state index contributed by atoms with van der Waals surface area (Å²) in [4.78, 5) is 2.52. The number of nitrogens with zero attached hydrogens (tertiary/aromatic N) is 1. The summed E-state index contributed by atoms with van der Waals surface area (Å²) in [6, 6.07) is 6.03. The Balaban J connectivity index is 2.14. The van der Waals surface area contributed by atoms with E-state index in [-0.39, 0.29) is 0 Å². The molecule has 106 valence electrons. The lowest BCUT2D eigenvalue weighted by Crippen LogP contribution is -2.40. The average molecular weight is 260 g/mol. The van der Waals surface area contributed by atoms with Gasteiger partial charge in [-0.2, -0.15) is 0 Å². The largest absolute Gasteiger partial charge is 0.371 e. The molecule has 1 aromatic carbocycles. The molecule has 0 amide bonds. The van der Waals surface area contributed by atoms with E-state index in [0.29, 0.717) is 6.04 Å². The Hall–Kier alpha value is -1.02. The highest BCUT2D eigenvalue weighted by Crippen LogP contribution is 2.31. The first-order valence-electron chi connectivity index (χ1n) is 7.51. The summed E-state index contributed by atoms with van der Waals surface area (Å²) in [5, 5.41) is 3.41. The van der Waals surface area contributed by atoms with Crippen LogP contribution in [-0.4, -0.2) is 26.2 Å². The first kappa shape index (κ1) is 14.4. The van der Waals surface area contributed by atoms with Crippen molar-refractivity contribution in [2.45, 2.75) is 58.5 Å². The summed E-state index contributed by atoms with van der Waals surface area (Å²) in [7, 11) is 4.36. The molecule has 0 aliphatic heterocycles. The highest BCUT2D eigenvalue weighted by atomic mass is 15.1. The molecule has 0 atom stereocenters. The molecule has 0 radical (unpaired) electrons. The number of nitrogens with one attached hydrogen (secondary N) is 1. The number of hydrogen-bond donors (Lipinski definition) is 1. The topological polar surface area (TPSA) is 15.3 Å². The van der Waals surface area contributed by atoms with Gasteiger partial charge in [-0.1, -0.05) is 17.7 Å². The molecular weight excluding hydrogens is 232 g/mol. The minimum atomic E-state index is 0.699. The Bertz CT molecular complexity index is 408. The molecule has 0 bridgehead atoms. The normalized spacial score (nSPS) is 23.4. The molecule has 1 aliphatic carbocycles. The molecule has 0 spiro atoms. The van der Waals surface area contributed by atoms with Crippen LogP contribution >= 0.6 is 0 Å². The Morgan fingerprint density at radius 3 is 2.00 bits per heavy atom. The van der Waals surface area contributed by atoms with E-state index in [9.17, 15) is 0 Å². The predicted molar refractivity (Wildman–Crippen MR) is 84.2 cm³/mol. The molecule has 1 aliphatic rings. The Morgan fingerprint density at radius 2 is 1.53 bits per heavy atom. The van der Waals surface area contributed by atoms with Gasteiger partial charge in [0.25, 0.3) is 0 Å². The number of anilines is 1. The third-order valence-electron chi connectivity index (χ3n) is 4.64. The minimum absolute atomic E-state index is 0.699. The minimum Gasteiger partial charge on any atom is -0.371 e. The quantitative estimate of drug-likeness (QED) is 0.893. The zero-order chi connectivity index (χ0) is 14.0. The molecule has 0 unspecified atom stereocenters. The van der Waals surface area contributed by atoms with Crippen molar-refractivity contribution in [1.29, 1.82) is 0 Å². The van der Waals surface area contributed by atoms with Crippen molar-refractivity contribution >= 4 is 5.69 Å². The van der Waals surface area contributed by atoms with Crippen molar-refractivity contribution < 1.29 is 0 Å². The van der Waals surface area contributed by atoms with Crippen LogP contribution in [0.15, 0.2) is 12.1 Å². The second-order valence-corrected chi connectivity index (χ2v) is 6.15. The zero-order valence-electron chi connectivity index (χ0n) is 13.1. The fourth-order valence-electron chi connectivity index (χ4n) is 3.66. The van der Waals surface area contributed by atoms with E-state index in [1.807, 2.05) is 0 Å². The van der Waals surface area contributed by atoms with Crippen molar-refractivity contribution in [3.8, 4) is 0 Å². The van der Waals surface area contributed by atoms with Crippen molar-refractivity contribution in [2.75, 3.05) is 19.0 Å². The highest BCUT2D eigenvalue weighted by molar-refractivity contribution is 5.60. The predicted octanol–water partition coefficient (Wildman–Crippen LogP) is 3.58. The van der Waals surface area contributed by atoms with Gasteiger partial charge in [-0.3, -0.25) is 0 Å². The smallest absolute Gasteiger partial charge is 0.0425 e. The van der Waals surface area contributed by atoms with Gasteiger partial charge in [0.1, 0.15) is 0 Å². The van der Waals surface area contributed by atoms with Crippen molar-refractivity contribution in [1.82, 2.24) is 5.32 Å². The van der Waals surface area contributed by atoms with Crippen LogP contribution in [-0.2, 0) is 0 Å². The maximum atomic E-state index is 3.41. The lowest BCUT2D eigenvalue weighted by molar-refractivity contribution is 0.351. The molecular formula is C17H28N2. The lowest BCUT2D eigenvalue weighted by atomic mass is 9.89. The first-order valence-corrected chi connectivity index (χ1v) is 7.51. The van der Waals surface area contributed by atoms with E-state index >= 15 is 0 Å². The van der Waals surface area contributed by atoms with E-state index in [1.165, 1.54) is 48.1 Å². The van der Waals surface area contributed by atoms with Crippen LogP contribution in [0.5, 0.6) is 0 Å². The van der Waals surface area contributed by atoms with Gasteiger partial charge in [0.2, 0.25) is 0 Å². The molecule has 1 N–H and O–H groups in total. The molecule has 0 aromatic heterocycles. The summed E-state index contributed by atoms with van der Waals surface area (Å²) in [6.45, 7) is 6.66. The fourth-order valence-corrected chi connectivity index (χ4v) is 3.66. The molecule has 2 rings (SSSR count). The van der Waals surface area contributed by atoms with Gasteiger partial charge < -0.3 is 10.2 Å². The van der Waals surface area contributed by atoms with Crippen molar-refractivity contribution in [2.24, 2.45) is 0 Å². The summed E-state index contributed by atoms with van der Waals surface area (Å²) in [5.74, 6) is 0. The van der Waals surface area contributed by atoms with Crippen LogP contribution in [0.2, 0.25) is 0 Å². The van der Waals surface area contributed by atoms with Crippen LogP contribution in [0, 0.1) is 20.8 Å². The fraction of sp³-hybridized carbons (Fsp3) is 0.647. The van der Waals surface area contributed by atoms with Crippen LogP contribution in [0.3, 0.4) is 0 Å². The van der Waals surface area contributed by atoms with E-state index in [4.69, 9.17) is 0 Å². The van der Waals surface area contributed by atoms with E-state index < -0.39 is 0 Å². The molecule has 1 saturated carbocycles. The SMILES string of the molecule is CNC1CCC(N(C)c2c(C)cc(C)cc2C)CC1. The third kappa shape index (κ3) is 3.11. The van der Waals surface area contributed by atoms with Gasteiger partial charge in [0.05, 0.1) is 0 Å². The first-order chi connectivity index (χ1) is 9.02. The molecule has 19 heavy (non-hydrogen) atoms. The summed E-state index contributed by atoms with van der Waals surface area (Å²) in [6.07, 6.45) is 5.20. The third-order valence-corrected chi connectivity index (χ3v) is 4.64. The highest BCUT2D eigenvalue weighted by Gasteiger charge is 2.24. The van der Waals surface area contributed by atoms with E-state index in [1.54, 1.807) is 0 Å². The maximum Gasteiger partial charge on any atom is 0.0425 e. The molecule has 0 saturated heterocycles. The molecule has 2 heteroatoms. The van der Waals surface area contributed by atoms with E-state index in [0.717, 1.165) is 6.04 Å². The number of rotatable bonds is 3. The second kappa shape index (κ2) is 5.96. The molecule has 2 nitrogen and oxygen atoms in total. The van der Waals surface area contributed by atoms with Gasteiger partial charge in [-0.15, -0.1) is 0 Å². The number of benzene rings is 1. The molecule has 0 heterocycles. The van der Waals surface area contributed by atoms with Gasteiger partial charge >= 0.3 is 0 Å². The molecule has 1 aromatic rings. The number of hydrogen-bond acceptors (Lipinski definition) is 2. The van der Waals surface area contributed by atoms with Crippen molar-refractivity contribution in [3.63, 3.8) is 0 Å². The lowest BCUT2D eigenvalue weighted by Gasteiger charge is -2.37. The average Bonchev–Trinajstić information content (AvgIpc) is 2.37. The summed E-state index contributed by atoms with van der Waals surface area (Å²) < 4.78 is 0. The van der Waals surface area contributed by atoms with Crippen LogP contribution in [0.1, 0.15) is 42.4 Å². The second-order valence-electron chi connectivity index (χ2n) is 6.15. The van der Waals surface area contributed by atoms with E-state index in [2.05, 4.69) is 57.2 Å². The summed E-state index contributed by atoms with van der Waals surface area (Å²) in [5.41, 5.74) is 5.64. The van der Waals surface area contributed by atoms with Gasteiger partial charge in [0.15, 0.2) is 0 Å². The monoisotopic (exact) mass is 260 g/mol. The Kier molecular flexibility index (Phi) is 4.51. The Labute approximate surface area is 118 Å². The van der Waals surface area contributed by atoms with Crippen LogP contribution < -0.4 is 10.2 Å². The van der Waals surface area contributed by atoms with Crippen LogP contribution in [0.4, 0.5) is 5.69 Å². The maximum absolute atomic E-state index is 3.41. The van der Waals surface area contributed by atoms with Gasteiger partial charge in [-0.05, 0) is 64.6 Å².